The van der Waals surface area contributed by atoms with Gasteiger partial charge in [0, 0.05) is 18.0 Å². The van der Waals surface area contributed by atoms with Gasteiger partial charge in [0.05, 0.1) is 31.5 Å². The fourth-order valence-corrected chi connectivity index (χ4v) is 5.61. The molecule has 0 unspecified atom stereocenters. The molecule has 1 atom stereocenters. The zero-order chi connectivity index (χ0) is 16.4. The largest absolute Gasteiger partial charge is 0.478 e. The van der Waals surface area contributed by atoms with Gasteiger partial charge in [0.15, 0.2) is 0 Å². The highest BCUT2D eigenvalue weighted by Crippen LogP contribution is 2.34. The molecular weight excluding hydrogens is 344 g/mol. The molecule has 1 aromatic rings. The third kappa shape index (κ3) is 3.57. The van der Waals surface area contributed by atoms with Crippen LogP contribution < -0.4 is 10.0 Å². The van der Waals surface area contributed by atoms with E-state index in [0.717, 1.165) is 16.2 Å². The lowest BCUT2D eigenvalue weighted by Crippen LogP contribution is -2.39. The maximum atomic E-state index is 12.5. The van der Waals surface area contributed by atoms with Gasteiger partial charge in [-0.2, -0.15) is 0 Å². The summed E-state index contributed by atoms with van der Waals surface area (Å²) in [5, 5.41) is 12.6. The van der Waals surface area contributed by atoms with E-state index >= 15 is 0 Å². The minimum Gasteiger partial charge on any atom is -0.478 e. The number of thiophene rings is 1. The summed E-state index contributed by atoms with van der Waals surface area (Å²) in [5.74, 6) is -1.21. The second kappa shape index (κ2) is 6.83. The van der Waals surface area contributed by atoms with Crippen LogP contribution in [-0.4, -0.2) is 58.5 Å². The number of carbonyl (C=O) groups is 1. The predicted molar refractivity (Wildman–Crippen MR) is 82.4 cm³/mol. The van der Waals surface area contributed by atoms with Crippen molar-refractivity contribution in [3.8, 4) is 0 Å². The first-order valence-corrected chi connectivity index (χ1v) is 9.56. The number of aromatic carboxylic acids is 1. The van der Waals surface area contributed by atoms with Gasteiger partial charge >= 0.3 is 5.97 Å². The standard InChI is InChI=1S/C13H18N2O6S2/c16-12(17)11-9-1-2-14-6-10(9)22-13(11)23(18,19)15-5-8-7-20-3-4-21-8/h8,14-15H,1-7H2,(H,16,17)/t8-/m0/s1. The smallest absolute Gasteiger partial charge is 0.338 e. The van der Waals surface area contributed by atoms with Crippen LogP contribution in [0.3, 0.4) is 0 Å². The summed E-state index contributed by atoms with van der Waals surface area (Å²) in [6.45, 7) is 2.43. The van der Waals surface area contributed by atoms with Gasteiger partial charge in [-0.1, -0.05) is 0 Å². The zero-order valence-corrected chi connectivity index (χ0v) is 14.0. The molecule has 2 aliphatic rings. The number of rotatable bonds is 5. The van der Waals surface area contributed by atoms with Crippen molar-refractivity contribution >= 4 is 27.3 Å². The van der Waals surface area contributed by atoms with Crippen LogP contribution in [0.1, 0.15) is 20.8 Å². The molecule has 10 heteroatoms. The Balaban J connectivity index is 1.84. The molecule has 1 saturated heterocycles. The van der Waals surface area contributed by atoms with E-state index in [1.165, 1.54) is 0 Å². The number of carboxylic acids is 1. The van der Waals surface area contributed by atoms with Gasteiger partial charge in [-0.15, -0.1) is 11.3 Å². The van der Waals surface area contributed by atoms with Crippen molar-refractivity contribution in [1.29, 1.82) is 0 Å². The quantitative estimate of drug-likeness (QED) is 0.664. The van der Waals surface area contributed by atoms with E-state index < -0.39 is 16.0 Å². The molecule has 128 valence electrons. The van der Waals surface area contributed by atoms with Crippen LogP contribution >= 0.6 is 11.3 Å². The molecule has 0 saturated carbocycles. The maximum absolute atomic E-state index is 12.5. The minimum absolute atomic E-state index is 0.0577. The summed E-state index contributed by atoms with van der Waals surface area (Å²) in [6.07, 6.45) is 0.158. The first kappa shape index (κ1) is 16.8. The van der Waals surface area contributed by atoms with Gasteiger partial charge < -0.3 is 19.9 Å². The number of ether oxygens (including phenoxy) is 2. The fourth-order valence-electron chi connectivity index (χ4n) is 2.64. The summed E-state index contributed by atoms with van der Waals surface area (Å²) in [5.41, 5.74) is 0.527. The molecule has 3 heterocycles. The second-order valence-corrected chi connectivity index (χ2v) is 8.39. The molecule has 0 amide bonds. The number of sulfonamides is 1. The van der Waals surface area contributed by atoms with E-state index in [9.17, 15) is 18.3 Å². The van der Waals surface area contributed by atoms with E-state index in [1.807, 2.05) is 0 Å². The van der Waals surface area contributed by atoms with Crippen molar-refractivity contribution in [3.05, 3.63) is 16.0 Å². The zero-order valence-electron chi connectivity index (χ0n) is 12.3. The Hall–Kier alpha value is -1.04. The number of carboxylic acid groups (broad SMARTS) is 1. The van der Waals surface area contributed by atoms with Crippen molar-refractivity contribution in [2.75, 3.05) is 32.9 Å². The van der Waals surface area contributed by atoms with Gasteiger partial charge in [0.2, 0.25) is 0 Å². The lowest BCUT2D eigenvalue weighted by molar-refractivity contribution is -0.0846. The van der Waals surface area contributed by atoms with E-state index in [2.05, 4.69) is 10.0 Å². The van der Waals surface area contributed by atoms with Crippen LogP contribution in [-0.2, 0) is 32.5 Å². The fraction of sp³-hybridized carbons (Fsp3) is 0.615. The number of hydrogen-bond acceptors (Lipinski definition) is 7. The molecule has 1 fully saturated rings. The van der Waals surface area contributed by atoms with E-state index in [1.54, 1.807) is 0 Å². The van der Waals surface area contributed by atoms with E-state index in [4.69, 9.17) is 9.47 Å². The van der Waals surface area contributed by atoms with E-state index in [0.29, 0.717) is 44.9 Å². The Morgan fingerprint density at radius 2 is 2.26 bits per heavy atom. The average Bonchev–Trinajstić information content (AvgIpc) is 2.95. The summed E-state index contributed by atoms with van der Waals surface area (Å²) < 4.78 is 38.0. The van der Waals surface area contributed by atoms with Crippen molar-refractivity contribution in [1.82, 2.24) is 10.0 Å². The van der Waals surface area contributed by atoms with Gasteiger partial charge in [0.1, 0.15) is 4.21 Å². The van der Waals surface area contributed by atoms with Crippen LogP contribution in [0.2, 0.25) is 0 Å². The van der Waals surface area contributed by atoms with Crippen molar-refractivity contribution < 1.29 is 27.8 Å². The van der Waals surface area contributed by atoms with Crippen LogP contribution in [0, 0.1) is 0 Å². The highest BCUT2D eigenvalue weighted by molar-refractivity contribution is 7.91. The van der Waals surface area contributed by atoms with Gasteiger partial charge in [-0.3, -0.25) is 0 Å². The summed E-state index contributed by atoms with van der Waals surface area (Å²) >= 11 is 1.02. The summed E-state index contributed by atoms with van der Waals surface area (Å²) in [4.78, 5) is 12.3. The van der Waals surface area contributed by atoms with Gasteiger partial charge in [-0.05, 0) is 18.5 Å². The molecular formula is C13H18N2O6S2. The second-order valence-electron chi connectivity index (χ2n) is 5.32. The first-order valence-electron chi connectivity index (χ1n) is 7.26. The normalized spacial score (nSPS) is 21.8. The lowest BCUT2D eigenvalue weighted by atomic mass is 10.1. The van der Waals surface area contributed by atoms with Crippen LogP contribution in [0.5, 0.6) is 0 Å². The topological polar surface area (TPSA) is 114 Å². The summed E-state index contributed by atoms with van der Waals surface area (Å²) in [7, 11) is -3.91. The maximum Gasteiger partial charge on any atom is 0.338 e. The Labute approximate surface area is 137 Å². The highest BCUT2D eigenvalue weighted by atomic mass is 32.2. The third-order valence-corrected chi connectivity index (χ3v) is 6.91. The monoisotopic (exact) mass is 362 g/mol. The Morgan fingerprint density at radius 3 is 2.96 bits per heavy atom. The number of fused-ring (bicyclic) bond motifs is 1. The number of hydrogen-bond donors (Lipinski definition) is 3. The molecule has 3 rings (SSSR count). The molecule has 0 spiro atoms. The highest BCUT2D eigenvalue weighted by Gasteiger charge is 2.32. The molecule has 0 aromatic carbocycles. The molecule has 8 nitrogen and oxygen atoms in total. The Morgan fingerprint density at radius 1 is 1.43 bits per heavy atom. The first-order chi connectivity index (χ1) is 11.0. The predicted octanol–water partition coefficient (Wildman–Crippen LogP) is -0.214. The van der Waals surface area contributed by atoms with Crippen molar-refractivity contribution in [2.24, 2.45) is 0 Å². The minimum atomic E-state index is -3.91. The molecule has 0 aliphatic carbocycles. The Kier molecular flexibility index (Phi) is 4.99. The SMILES string of the molecule is O=C(O)c1c(S(=O)(=O)NC[C@H]2COCCO2)sc2c1CCNC2. The molecule has 3 N–H and O–H groups in total. The third-order valence-electron chi connectivity index (χ3n) is 3.74. The Bertz CT molecular complexity index is 694. The van der Waals surface area contributed by atoms with Crippen LogP contribution in [0.15, 0.2) is 4.21 Å². The van der Waals surface area contributed by atoms with Gasteiger partial charge in [0.25, 0.3) is 10.0 Å². The molecule has 0 bridgehead atoms. The lowest BCUT2D eigenvalue weighted by Gasteiger charge is -2.22. The average molecular weight is 362 g/mol. The van der Waals surface area contributed by atoms with E-state index in [-0.39, 0.29) is 22.4 Å². The van der Waals surface area contributed by atoms with Crippen molar-refractivity contribution in [2.45, 2.75) is 23.3 Å². The van der Waals surface area contributed by atoms with Crippen molar-refractivity contribution in [3.63, 3.8) is 0 Å². The number of nitrogens with one attached hydrogen (secondary N) is 2. The van der Waals surface area contributed by atoms with Crippen LogP contribution in [0.25, 0.3) is 0 Å². The van der Waals surface area contributed by atoms with Gasteiger partial charge in [-0.25, -0.2) is 17.9 Å². The molecule has 23 heavy (non-hydrogen) atoms. The molecule has 0 radical (unpaired) electrons. The molecule has 2 aliphatic heterocycles. The molecule has 1 aromatic heterocycles. The van der Waals surface area contributed by atoms with Crippen LogP contribution in [0.4, 0.5) is 0 Å². The summed E-state index contributed by atoms with van der Waals surface area (Å²) in [6, 6.07) is 0.